The number of para-hydroxylation sites is 1. The molecular formula is C23H20N2O5S2. The zero-order chi connectivity index (χ0) is 22.5. The summed E-state index contributed by atoms with van der Waals surface area (Å²) in [6.07, 6.45) is 0. The van der Waals surface area contributed by atoms with E-state index in [1.165, 1.54) is 17.4 Å². The molecule has 4 rings (SSSR count). The summed E-state index contributed by atoms with van der Waals surface area (Å²) in [4.78, 5) is 29.2. The van der Waals surface area contributed by atoms with E-state index in [9.17, 15) is 9.59 Å². The Morgan fingerprint density at radius 2 is 1.84 bits per heavy atom. The number of rotatable bonds is 8. The molecule has 0 aliphatic carbocycles. The molecule has 0 fully saturated rings. The van der Waals surface area contributed by atoms with Gasteiger partial charge in [-0.05, 0) is 29.8 Å². The Hall–Kier alpha value is -3.30. The van der Waals surface area contributed by atoms with E-state index in [1.807, 2.05) is 23.6 Å². The topological polar surface area (TPSA) is 90.7 Å². The highest BCUT2D eigenvalue weighted by atomic mass is 32.2. The fourth-order valence-electron chi connectivity index (χ4n) is 3.03. The van der Waals surface area contributed by atoms with E-state index in [2.05, 4.69) is 10.3 Å². The lowest BCUT2D eigenvalue weighted by molar-refractivity contribution is 0.0997. The Labute approximate surface area is 192 Å². The highest BCUT2D eigenvalue weighted by Gasteiger charge is 2.14. The summed E-state index contributed by atoms with van der Waals surface area (Å²) < 4.78 is 16.2. The SMILES string of the molecule is COc1cc(CSCc2csc(NC(=O)c3cc(=O)c4ccccc4o3)n2)cc(OC)c1. The van der Waals surface area contributed by atoms with Crippen LogP contribution < -0.4 is 20.2 Å². The first-order chi connectivity index (χ1) is 15.6. The Morgan fingerprint density at radius 1 is 1.09 bits per heavy atom. The molecule has 1 N–H and O–H groups in total. The first-order valence-corrected chi connectivity index (χ1v) is 11.7. The third-order valence-corrected chi connectivity index (χ3v) is 6.40. The van der Waals surface area contributed by atoms with Gasteiger partial charge >= 0.3 is 0 Å². The van der Waals surface area contributed by atoms with Gasteiger partial charge < -0.3 is 13.9 Å². The van der Waals surface area contributed by atoms with Crippen molar-refractivity contribution in [3.8, 4) is 11.5 Å². The number of hydrogen-bond donors (Lipinski definition) is 1. The molecule has 0 radical (unpaired) electrons. The number of ether oxygens (including phenoxy) is 2. The monoisotopic (exact) mass is 468 g/mol. The van der Waals surface area contributed by atoms with Crippen molar-refractivity contribution >= 4 is 45.1 Å². The number of nitrogens with one attached hydrogen (secondary N) is 1. The fraction of sp³-hybridized carbons (Fsp3) is 0.174. The van der Waals surface area contributed by atoms with Gasteiger partial charge in [-0.2, -0.15) is 11.8 Å². The lowest BCUT2D eigenvalue weighted by Crippen LogP contribution is -2.14. The molecule has 2 aromatic heterocycles. The van der Waals surface area contributed by atoms with Crippen molar-refractivity contribution < 1.29 is 18.7 Å². The molecule has 1 amide bonds. The lowest BCUT2D eigenvalue weighted by atomic mass is 10.2. The van der Waals surface area contributed by atoms with E-state index >= 15 is 0 Å². The minimum atomic E-state index is -0.509. The van der Waals surface area contributed by atoms with Crippen LogP contribution in [0.15, 0.2) is 63.1 Å². The number of nitrogens with zero attached hydrogens (tertiary/aromatic N) is 1. The van der Waals surface area contributed by atoms with Gasteiger partial charge in [0.1, 0.15) is 17.1 Å². The Kier molecular flexibility index (Phi) is 6.77. The number of thiazole rings is 1. The number of fused-ring (bicyclic) bond motifs is 1. The van der Waals surface area contributed by atoms with Gasteiger partial charge in [0.15, 0.2) is 16.3 Å². The molecule has 0 unspecified atom stereocenters. The van der Waals surface area contributed by atoms with Gasteiger partial charge in [-0.1, -0.05) is 12.1 Å². The van der Waals surface area contributed by atoms with Crippen molar-refractivity contribution in [2.45, 2.75) is 11.5 Å². The Morgan fingerprint density at radius 3 is 2.59 bits per heavy atom. The molecule has 2 aromatic carbocycles. The zero-order valence-electron chi connectivity index (χ0n) is 17.4. The largest absolute Gasteiger partial charge is 0.497 e. The van der Waals surface area contributed by atoms with Crippen LogP contribution in [0.4, 0.5) is 5.13 Å². The number of methoxy groups -OCH3 is 2. The molecule has 0 saturated carbocycles. The number of thioether (sulfide) groups is 1. The van der Waals surface area contributed by atoms with Crippen molar-refractivity contribution in [3.63, 3.8) is 0 Å². The van der Waals surface area contributed by atoms with E-state index in [1.54, 1.807) is 50.2 Å². The molecule has 0 saturated heterocycles. The van der Waals surface area contributed by atoms with Gasteiger partial charge in [0.2, 0.25) is 0 Å². The summed E-state index contributed by atoms with van der Waals surface area (Å²) in [7, 11) is 3.25. The normalized spacial score (nSPS) is 10.8. The Balaban J connectivity index is 1.37. The number of carbonyl (C=O) groups excluding carboxylic acids is 1. The summed E-state index contributed by atoms with van der Waals surface area (Å²) in [6, 6.07) is 13.8. The van der Waals surface area contributed by atoms with Gasteiger partial charge in [0.25, 0.3) is 5.91 Å². The number of benzene rings is 2. The number of carbonyl (C=O) groups is 1. The van der Waals surface area contributed by atoms with E-state index in [-0.39, 0.29) is 11.2 Å². The standard InChI is InChI=1S/C23H20N2O5S2/c1-28-16-7-14(8-17(9-16)29-2)11-31-12-15-13-32-23(24-15)25-22(27)21-10-19(26)18-5-3-4-6-20(18)30-21/h3-10,13H,11-12H2,1-2H3,(H,24,25,27). The van der Waals surface area contributed by atoms with Crippen molar-refractivity contribution in [2.75, 3.05) is 19.5 Å². The van der Waals surface area contributed by atoms with Crippen LogP contribution in [0.3, 0.4) is 0 Å². The van der Waals surface area contributed by atoms with Crippen LogP contribution in [0.5, 0.6) is 11.5 Å². The minimum absolute atomic E-state index is 0.0493. The number of aromatic nitrogens is 1. The van der Waals surface area contributed by atoms with Crippen LogP contribution in [0.25, 0.3) is 11.0 Å². The summed E-state index contributed by atoms with van der Waals surface area (Å²) in [5.41, 5.74) is 2.05. The maximum Gasteiger partial charge on any atom is 0.293 e. The number of anilines is 1. The van der Waals surface area contributed by atoms with Crippen LogP contribution in [0, 0.1) is 0 Å². The van der Waals surface area contributed by atoms with Gasteiger partial charge in [-0.15, -0.1) is 11.3 Å². The van der Waals surface area contributed by atoms with E-state index in [4.69, 9.17) is 13.9 Å². The van der Waals surface area contributed by atoms with E-state index < -0.39 is 5.91 Å². The van der Waals surface area contributed by atoms with E-state index in [0.717, 1.165) is 28.5 Å². The average molecular weight is 469 g/mol. The maximum absolute atomic E-state index is 12.5. The van der Waals surface area contributed by atoms with Gasteiger partial charge in [0, 0.05) is 29.0 Å². The molecule has 0 atom stereocenters. The highest BCUT2D eigenvalue weighted by molar-refractivity contribution is 7.97. The molecule has 2 heterocycles. The molecule has 164 valence electrons. The molecule has 9 heteroatoms. The van der Waals surface area contributed by atoms with E-state index in [0.29, 0.717) is 21.9 Å². The molecule has 4 aromatic rings. The lowest BCUT2D eigenvalue weighted by Gasteiger charge is -2.08. The molecule has 32 heavy (non-hydrogen) atoms. The Bertz CT molecular complexity index is 1290. The van der Waals surface area contributed by atoms with Crippen molar-refractivity contribution in [2.24, 2.45) is 0 Å². The maximum atomic E-state index is 12.5. The summed E-state index contributed by atoms with van der Waals surface area (Å²) in [6.45, 7) is 0. The molecular weight excluding hydrogens is 448 g/mol. The van der Waals surface area contributed by atoms with Crippen LogP contribution in [0.1, 0.15) is 21.8 Å². The summed E-state index contributed by atoms with van der Waals surface area (Å²) in [5, 5.41) is 5.48. The average Bonchev–Trinajstić information content (AvgIpc) is 3.25. The van der Waals surface area contributed by atoms with Gasteiger partial charge in [-0.3, -0.25) is 14.9 Å². The van der Waals surface area contributed by atoms with Gasteiger partial charge in [0.05, 0.1) is 25.3 Å². The molecule has 0 aliphatic heterocycles. The second-order valence-electron chi connectivity index (χ2n) is 6.78. The van der Waals surface area contributed by atoms with Crippen LogP contribution in [-0.2, 0) is 11.5 Å². The smallest absolute Gasteiger partial charge is 0.293 e. The third-order valence-electron chi connectivity index (χ3n) is 4.56. The second kappa shape index (κ2) is 9.88. The first-order valence-electron chi connectivity index (χ1n) is 9.64. The first kappa shape index (κ1) is 21.9. The summed E-state index contributed by atoms with van der Waals surface area (Å²) >= 11 is 3.01. The number of amides is 1. The molecule has 0 aliphatic rings. The number of hydrogen-bond acceptors (Lipinski definition) is 8. The van der Waals surface area contributed by atoms with Gasteiger partial charge in [-0.25, -0.2) is 4.98 Å². The van der Waals surface area contributed by atoms with Crippen LogP contribution in [-0.4, -0.2) is 25.1 Å². The predicted octanol–water partition coefficient (Wildman–Crippen LogP) is 4.95. The second-order valence-corrected chi connectivity index (χ2v) is 8.63. The van der Waals surface area contributed by atoms with Crippen molar-refractivity contribution in [3.05, 3.63) is 81.2 Å². The molecule has 0 spiro atoms. The van der Waals surface area contributed by atoms with Crippen molar-refractivity contribution in [1.82, 2.24) is 4.98 Å². The minimum Gasteiger partial charge on any atom is -0.497 e. The van der Waals surface area contributed by atoms with Crippen LogP contribution in [0.2, 0.25) is 0 Å². The zero-order valence-corrected chi connectivity index (χ0v) is 19.0. The molecule has 0 bridgehead atoms. The fourth-order valence-corrected chi connectivity index (χ4v) is 4.70. The third kappa shape index (κ3) is 5.12. The van der Waals surface area contributed by atoms with Crippen LogP contribution >= 0.6 is 23.1 Å². The highest BCUT2D eigenvalue weighted by Crippen LogP contribution is 2.27. The molecule has 7 nitrogen and oxygen atoms in total. The quantitative estimate of drug-likeness (QED) is 0.391. The van der Waals surface area contributed by atoms with Crippen molar-refractivity contribution in [1.29, 1.82) is 0 Å². The predicted molar refractivity (Wildman–Crippen MR) is 127 cm³/mol. The summed E-state index contributed by atoms with van der Waals surface area (Å²) in [5.74, 6) is 2.38.